The molecule has 1 aromatic heterocycles. The number of carbonyl (C=O) groups is 2. The van der Waals surface area contributed by atoms with E-state index in [2.05, 4.69) is 9.72 Å². The lowest BCUT2D eigenvalue weighted by Gasteiger charge is -2.07. The van der Waals surface area contributed by atoms with Crippen molar-refractivity contribution in [1.82, 2.24) is 4.98 Å². The number of halogens is 2. The second-order valence-electron chi connectivity index (χ2n) is 3.33. The molecular weight excluding hydrogens is 265 g/mol. The van der Waals surface area contributed by atoms with Crippen LogP contribution in [0.4, 0.5) is 0 Å². The predicted molar refractivity (Wildman–Crippen MR) is 64.6 cm³/mol. The van der Waals surface area contributed by atoms with Crippen molar-refractivity contribution < 1.29 is 14.3 Å². The number of ether oxygens (including phenoxy) is 1. The number of hydrogen-bond donors (Lipinski definition) is 0. The summed E-state index contributed by atoms with van der Waals surface area (Å²) in [6.45, 7) is 3.58. The van der Waals surface area contributed by atoms with Crippen LogP contribution in [0.3, 0.4) is 0 Å². The van der Waals surface area contributed by atoms with Gasteiger partial charge >= 0.3 is 5.97 Å². The SMILES string of the molecule is CCOC(=O)CC(=O)c1c(C)cc(Cl)nc1Cl. The predicted octanol–water partition coefficient (Wildman–Crippen LogP) is 2.83. The zero-order valence-corrected chi connectivity index (χ0v) is 10.9. The third kappa shape index (κ3) is 3.68. The molecule has 0 N–H and O–H groups in total. The van der Waals surface area contributed by atoms with E-state index in [0.717, 1.165) is 0 Å². The maximum Gasteiger partial charge on any atom is 0.313 e. The molecule has 0 bridgehead atoms. The molecule has 0 aliphatic heterocycles. The Morgan fingerprint density at radius 2 is 2.06 bits per heavy atom. The third-order valence-electron chi connectivity index (χ3n) is 2.03. The van der Waals surface area contributed by atoms with Gasteiger partial charge in [0.05, 0.1) is 12.2 Å². The Morgan fingerprint density at radius 1 is 1.41 bits per heavy atom. The van der Waals surface area contributed by atoms with E-state index in [-0.39, 0.29) is 28.9 Å². The molecule has 4 nitrogen and oxygen atoms in total. The summed E-state index contributed by atoms with van der Waals surface area (Å²) in [6.07, 6.45) is -0.349. The first-order valence-corrected chi connectivity index (χ1v) is 5.72. The fourth-order valence-electron chi connectivity index (χ4n) is 1.36. The monoisotopic (exact) mass is 275 g/mol. The second kappa shape index (κ2) is 5.98. The van der Waals surface area contributed by atoms with E-state index in [4.69, 9.17) is 23.2 Å². The maximum absolute atomic E-state index is 11.8. The van der Waals surface area contributed by atoms with E-state index in [1.807, 2.05) is 0 Å². The van der Waals surface area contributed by atoms with Crippen LogP contribution in [0.1, 0.15) is 29.3 Å². The number of rotatable bonds is 4. The molecule has 1 heterocycles. The van der Waals surface area contributed by atoms with Crippen molar-refractivity contribution in [3.63, 3.8) is 0 Å². The molecule has 0 atom stereocenters. The van der Waals surface area contributed by atoms with Crippen LogP contribution in [0.2, 0.25) is 10.3 Å². The summed E-state index contributed by atoms with van der Waals surface area (Å²) in [4.78, 5) is 26.8. The molecule has 92 valence electrons. The van der Waals surface area contributed by atoms with Crippen LogP contribution < -0.4 is 0 Å². The topological polar surface area (TPSA) is 56.3 Å². The zero-order chi connectivity index (χ0) is 13.0. The minimum atomic E-state index is -0.581. The molecule has 0 spiro atoms. The van der Waals surface area contributed by atoms with Gasteiger partial charge in [-0.15, -0.1) is 0 Å². The number of Topliss-reactive ketones (excluding diaryl/α,β-unsaturated/α-hetero) is 1. The minimum absolute atomic E-state index is 0.00398. The summed E-state index contributed by atoms with van der Waals surface area (Å²) >= 11 is 11.5. The molecule has 6 heteroatoms. The fraction of sp³-hybridized carbons (Fsp3) is 0.364. The molecule has 0 saturated heterocycles. The molecule has 0 aliphatic carbocycles. The van der Waals surface area contributed by atoms with Gasteiger partial charge in [0, 0.05) is 0 Å². The van der Waals surface area contributed by atoms with Gasteiger partial charge in [-0.1, -0.05) is 23.2 Å². The van der Waals surface area contributed by atoms with Gasteiger partial charge in [0.1, 0.15) is 16.7 Å². The molecule has 0 aromatic carbocycles. The Balaban J connectivity index is 2.93. The van der Waals surface area contributed by atoms with E-state index in [9.17, 15) is 9.59 Å². The van der Waals surface area contributed by atoms with E-state index in [0.29, 0.717) is 5.56 Å². The highest BCUT2D eigenvalue weighted by molar-refractivity contribution is 6.35. The first-order chi connectivity index (χ1) is 7.95. The molecule has 0 unspecified atom stereocenters. The number of aryl methyl sites for hydroxylation is 1. The fourth-order valence-corrected chi connectivity index (χ4v) is 2.00. The number of hydrogen-bond acceptors (Lipinski definition) is 4. The lowest BCUT2D eigenvalue weighted by Crippen LogP contribution is -2.13. The first-order valence-electron chi connectivity index (χ1n) is 4.97. The minimum Gasteiger partial charge on any atom is -0.466 e. The largest absolute Gasteiger partial charge is 0.466 e. The standard InChI is InChI=1S/C11H11Cl2NO3/c1-3-17-9(16)5-7(15)10-6(2)4-8(12)14-11(10)13/h4H,3,5H2,1-2H3. The summed E-state index contributed by atoms with van der Waals surface area (Å²) in [5.41, 5.74) is 0.799. The van der Waals surface area contributed by atoms with E-state index >= 15 is 0 Å². The van der Waals surface area contributed by atoms with Crippen molar-refractivity contribution in [3.8, 4) is 0 Å². The summed E-state index contributed by atoms with van der Waals surface area (Å²) in [7, 11) is 0. The summed E-state index contributed by atoms with van der Waals surface area (Å²) in [6, 6.07) is 1.52. The van der Waals surface area contributed by atoms with Gasteiger partial charge in [0.15, 0.2) is 5.78 Å². The average molecular weight is 276 g/mol. The number of carbonyl (C=O) groups excluding carboxylic acids is 2. The van der Waals surface area contributed by atoms with Crippen LogP contribution in [0.5, 0.6) is 0 Å². The number of pyridine rings is 1. The number of nitrogens with zero attached hydrogens (tertiary/aromatic N) is 1. The van der Waals surface area contributed by atoms with Gasteiger partial charge in [-0.3, -0.25) is 9.59 Å². The zero-order valence-electron chi connectivity index (χ0n) is 9.42. The van der Waals surface area contributed by atoms with Crippen molar-refractivity contribution >= 4 is 35.0 Å². The number of aromatic nitrogens is 1. The second-order valence-corrected chi connectivity index (χ2v) is 4.08. The van der Waals surface area contributed by atoms with Crippen LogP contribution >= 0.6 is 23.2 Å². The highest BCUT2D eigenvalue weighted by Crippen LogP contribution is 2.22. The molecule has 0 aliphatic rings. The smallest absolute Gasteiger partial charge is 0.313 e. The first kappa shape index (κ1) is 13.9. The molecule has 0 fully saturated rings. The Morgan fingerprint density at radius 3 is 2.59 bits per heavy atom. The van der Waals surface area contributed by atoms with Crippen LogP contribution in [-0.2, 0) is 9.53 Å². The van der Waals surface area contributed by atoms with Crippen LogP contribution in [0, 0.1) is 6.92 Å². The van der Waals surface area contributed by atoms with Gasteiger partial charge in [0.25, 0.3) is 0 Å². The molecule has 0 amide bonds. The van der Waals surface area contributed by atoms with Crippen LogP contribution in [0.15, 0.2) is 6.07 Å². The summed E-state index contributed by atoms with van der Waals surface area (Å²) in [5, 5.41) is 0.212. The molecule has 17 heavy (non-hydrogen) atoms. The van der Waals surface area contributed by atoms with Gasteiger partial charge in [0.2, 0.25) is 0 Å². The van der Waals surface area contributed by atoms with Gasteiger partial charge in [-0.05, 0) is 25.5 Å². The Hall–Kier alpha value is -1.13. The third-order valence-corrected chi connectivity index (χ3v) is 2.50. The maximum atomic E-state index is 11.8. The molecule has 1 rings (SSSR count). The van der Waals surface area contributed by atoms with E-state index in [1.165, 1.54) is 6.07 Å². The van der Waals surface area contributed by atoms with Crippen molar-refractivity contribution in [2.75, 3.05) is 6.61 Å². The lowest BCUT2D eigenvalue weighted by molar-refractivity contribution is -0.141. The van der Waals surface area contributed by atoms with Crippen molar-refractivity contribution in [2.45, 2.75) is 20.3 Å². The Labute approximate surface area is 109 Å². The number of esters is 1. The molecule has 0 saturated carbocycles. The van der Waals surface area contributed by atoms with Gasteiger partial charge in [-0.25, -0.2) is 4.98 Å². The molecular formula is C11H11Cl2NO3. The van der Waals surface area contributed by atoms with Crippen molar-refractivity contribution in [3.05, 3.63) is 27.5 Å². The highest BCUT2D eigenvalue weighted by Gasteiger charge is 2.19. The summed E-state index contributed by atoms with van der Waals surface area (Å²) < 4.78 is 4.69. The quantitative estimate of drug-likeness (QED) is 0.367. The normalized spacial score (nSPS) is 10.1. The Bertz CT molecular complexity index is 437. The highest BCUT2D eigenvalue weighted by atomic mass is 35.5. The van der Waals surface area contributed by atoms with Crippen molar-refractivity contribution in [1.29, 1.82) is 0 Å². The molecule has 1 aromatic rings. The average Bonchev–Trinajstić information content (AvgIpc) is 2.15. The van der Waals surface area contributed by atoms with Crippen molar-refractivity contribution in [2.24, 2.45) is 0 Å². The number of ketones is 1. The van der Waals surface area contributed by atoms with E-state index in [1.54, 1.807) is 13.8 Å². The molecule has 0 radical (unpaired) electrons. The lowest BCUT2D eigenvalue weighted by atomic mass is 10.1. The van der Waals surface area contributed by atoms with Crippen LogP contribution in [0.25, 0.3) is 0 Å². The van der Waals surface area contributed by atoms with E-state index < -0.39 is 11.8 Å². The summed E-state index contributed by atoms with van der Waals surface area (Å²) in [5.74, 6) is -1.00. The van der Waals surface area contributed by atoms with Gasteiger partial charge in [-0.2, -0.15) is 0 Å². The van der Waals surface area contributed by atoms with Crippen LogP contribution in [-0.4, -0.2) is 23.3 Å². The van der Waals surface area contributed by atoms with Gasteiger partial charge < -0.3 is 4.74 Å². The Kier molecular flexibility index (Phi) is 4.90.